The van der Waals surface area contributed by atoms with E-state index in [0.29, 0.717) is 25.3 Å². The van der Waals surface area contributed by atoms with E-state index in [2.05, 4.69) is 9.88 Å². The zero-order valence-corrected chi connectivity index (χ0v) is 12.6. The number of pyridine rings is 1. The van der Waals surface area contributed by atoms with Crippen LogP contribution < -0.4 is 0 Å². The molecule has 0 N–H and O–H groups in total. The van der Waals surface area contributed by atoms with Gasteiger partial charge in [0.1, 0.15) is 11.6 Å². The van der Waals surface area contributed by atoms with Gasteiger partial charge in [0.25, 0.3) is 0 Å². The van der Waals surface area contributed by atoms with Gasteiger partial charge in [-0.3, -0.25) is 9.88 Å². The molecule has 0 bridgehead atoms. The van der Waals surface area contributed by atoms with E-state index >= 15 is 0 Å². The molecule has 0 aliphatic carbocycles. The predicted molar refractivity (Wildman–Crippen MR) is 81.2 cm³/mol. The van der Waals surface area contributed by atoms with Crippen molar-refractivity contribution < 1.29 is 13.5 Å². The summed E-state index contributed by atoms with van der Waals surface area (Å²) in [6, 6.07) is 9.42. The number of nitrogens with zero attached hydrogens (tertiary/aromatic N) is 2. The number of rotatable bonds is 8. The van der Waals surface area contributed by atoms with Gasteiger partial charge < -0.3 is 4.74 Å². The third-order valence-electron chi connectivity index (χ3n) is 3.34. The third kappa shape index (κ3) is 5.16. The average Bonchev–Trinajstić information content (AvgIpc) is 2.51. The number of ether oxygens (including phenoxy) is 1. The maximum atomic E-state index is 13.8. The number of aromatic nitrogens is 1. The second-order valence-electron chi connectivity index (χ2n) is 5.11. The lowest BCUT2D eigenvalue weighted by Crippen LogP contribution is -2.25. The topological polar surface area (TPSA) is 25.4 Å². The van der Waals surface area contributed by atoms with Gasteiger partial charge in [0.15, 0.2) is 0 Å². The van der Waals surface area contributed by atoms with Crippen molar-refractivity contribution in [2.75, 3.05) is 20.3 Å². The van der Waals surface area contributed by atoms with E-state index in [1.54, 1.807) is 13.3 Å². The number of hydrogen-bond donors (Lipinski definition) is 0. The van der Waals surface area contributed by atoms with Crippen LogP contribution in [0.1, 0.15) is 17.7 Å². The maximum absolute atomic E-state index is 13.8. The van der Waals surface area contributed by atoms with Crippen LogP contribution >= 0.6 is 0 Å². The van der Waals surface area contributed by atoms with Crippen LogP contribution in [0, 0.1) is 11.6 Å². The number of benzene rings is 1. The van der Waals surface area contributed by atoms with Crippen molar-refractivity contribution in [1.82, 2.24) is 9.88 Å². The van der Waals surface area contributed by atoms with Gasteiger partial charge in [-0.05, 0) is 24.6 Å². The summed E-state index contributed by atoms with van der Waals surface area (Å²) in [5.74, 6) is -1.07. The first kappa shape index (κ1) is 16.5. The highest BCUT2D eigenvalue weighted by atomic mass is 19.1. The largest absolute Gasteiger partial charge is 0.385 e. The van der Waals surface area contributed by atoms with E-state index in [1.165, 1.54) is 12.1 Å². The summed E-state index contributed by atoms with van der Waals surface area (Å²) in [7, 11) is 1.66. The van der Waals surface area contributed by atoms with Gasteiger partial charge in [-0.1, -0.05) is 12.1 Å². The van der Waals surface area contributed by atoms with Crippen LogP contribution in [0.25, 0.3) is 0 Å². The van der Waals surface area contributed by atoms with Gasteiger partial charge >= 0.3 is 0 Å². The third-order valence-corrected chi connectivity index (χ3v) is 3.34. The molecule has 2 rings (SSSR count). The first-order valence-corrected chi connectivity index (χ1v) is 7.24. The monoisotopic (exact) mass is 306 g/mol. The zero-order chi connectivity index (χ0) is 15.8. The summed E-state index contributed by atoms with van der Waals surface area (Å²) in [5.41, 5.74) is 1.40. The van der Waals surface area contributed by atoms with Crippen molar-refractivity contribution in [3.8, 4) is 0 Å². The molecule has 0 fully saturated rings. The van der Waals surface area contributed by atoms with Gasteiger partial charge in [-0.2, -0.15) is 0 Å². The second kappa shape index (κ2) is 8.56. The van der Waals surface area contributed by atoms with Crippen molar-refractivity contribution in [1.29, 1.82) is 0 Å². The molecule has 0 aliphatic rings. The fraction of sp³-hybridized carbons (Fsp3) is 0.353. The Bertz CT molecular complexity index is 578. The lowest BCUT2D eigenvalue weighted by Gasteiger charge is -2.22. The smallest absolute Gasteiger partial charge is 0.130 e. The average molecular weight is 306 g/mol. The minimum absolute atomic E-state index is 0.409. The van der Waals surface area contributed by atoms with Crippen LogP contribution in [0.5, 0.6) is 0 Å². The molecule has 0 saturated carbocycles. The predicted octanol–water partition coefficient (Wildman–Crippen LogP) is 3.40. The Morgan fingerprint density at radius 3 is 2.68 bits per heavy atom. The Hall–Kier alpha value is -1.85. The number of hydrogen-bond acceptors (Lipinski definition) is 3. The number of methoxy groups -OCH3 is 1. The molecule has 0 radical (unpaired) electrons. The summed E-state index contributed by atoms with van der Waals surface area (Å²) in [6.45, 7) is 2.42. The fourth-order valence-electron chi connectivity index (χ4n) is 2.26. The Morgan fingerprint density at radius 1 is 1.14 bits per heavy atom. The van der Waals surface area contributed by atoms with E-state index < -0.39 is 11.6 Å². The summed E-state index contributed by atoms with van der Waals surface area (Å²) < 4.78 is 31.9. The van der Waals surface area contributed by atoms with Gasteiger partial charge in [-0.15, -0.1) is 0 Å². The molecule has 1 heterocycles. The molecule has 0 unspecified atom stereocenters. The molecule has 0 aliphatic heterocycles. The van der Waals surface area contributed by atoms with Crippen molar-refractivity contribution >= 4 is 0 Å². The lowest BCUT2D eigenvalue weighted by molar-refractivity contribution is 0.165. The highest BCUT2D eigenvalue weighted by Crippen LogP contribution is 2.14. The van der Waals surface area contributed by atoms with Crippen LogP contribution in [-0.4, -0.2) is 30.1 Å². The normalized spacial score (nSPS) is 11.1. The molecule has 0 atom stereocenters. The van der Waals surface area contributed by atoms with Crippen LogP contribution in [0.3, 0.4) is 0 Å². The molecular weight excluding hydrogens is 286 g/mol. The minimum Gasteiger partial charge on any atom is -0.385 e. The Morgan fingerprint density at radius 2 is 2.00 bits per heavy atom. The standard InChI is InChI=1S/C17H20F2N2O/c1-22-10-4-9-21(13-16-5-2-3-8-20-16)12-14-6-7-15(18)11-17(14)19/h2-3,5-8,11H,4,9-10,12-13H2,1H3. The van der Waals surface area contributed by atoms with Crippen molar-refractivity contribution in [3.05, 3.63) is 65.5 Å². The van der Waals surface area contributed by atoms with Crippen LogP contribution in [-0.2, 0) is 17.8 Å². The Labute approximate surface area is 129 Å². The quantitative estimate of drug-likeness (QED) is 0.699. The van der Waals surface area contributed by atoms with Crippen molar-refractivity contribution in [2.24, 2.45) is 0 Å². The fourth-order valence-corrected chi connectivity index (χ4v) is 2.26. The van der Waals surface area contributed by atoms with Gasteiger partial charge in [0, 0.05) is 51.2 Å². The van der Waals surface area contributed by atoms with Gasteiger partial charge in [0.05, 0.1) is 5.69 Å². The van der Waals surface area contributed by atoms with E-state index in [4.69, 9.17) is 4.74 Å². The van der Waals surface area contributed by atoms with E-state index in [0.717, 1.165) is 24.7 Å². The lowest BCUT2D eigenvalue weighted by atomic mass is 10.2. The highest BCUT2D eigenvalue weighted by Gasteiger charge is 2.11. The van der Waals surface area contributed by atoms with Gasteiger partial charge in [0.2, 0.25) is 0 Å². The molecule has 2 aromatic rings. The second-order valence-corrected chi connectivity index (χ2v) is 5.11. The van der Waals surface area contributed by atoms with Crippen LogP contribution in [0.15, 0.2) is 42.6 Å². The summed E-state index contributed by atoms with van der Waals surface area (Å²) in [4.78, 5) is 6.38. The molecule has 0 spiro atoms. The van der Waals surface area contributed by atoms with E-state index in [9.17, 15) is 8.78 Å². The molecule has 3 nitrogen and oxygen atoms in total. The summed E-state index contributed by atoms with van der Waals surface area (Å²) in [5, 5.41) is 0. The Kier molecular flexibility index (Phi) is 6.43. The molecule has 5 heteroatoms. The molecule has 1 aromatic carbocycles. The maximum Gasteiger partial charge on any atom is 0.130 e. The van der Waals surface area contributed by atoms with E-state index in [1.807, 2.05) is 18.2 Å². The molecule has 22 heavy (non-hydrogen) atoms. The SMILES string of the molecule is COCCCN(Cc1ccccn1)Cc1ccc(F)cc1F. The van der Waals surface area contributed by atoms with Crippen molar-refractivity contribution in [3.63, 3.8) is 0 Å². The first-order chi connectivity index (χ1) is 10.7. The summed E-state index contributed by atoms with van der Waals surface area (Å²) >= 11 is 0. The molecule has 1 aromatic heterocycles. The Balaban J connectivity index is 2.06. The molecule has 118 valence electrons. The van der Waals surface area contributed by atoms with Crippen LogP contribution in [0.4, 0.5) is 8.78 Å². The van der Waals surface area contributed by atoms with Crippen LogP contribution in [0.2, 0.25) is 0 Å². The number of halogens is 2. The molecular formula is C17H20F2N2O. The zero-order valence-electron chi connectivity index (χ0n) is 12.6. The minimum atomic E-state index is -0.558. The first-order valence-electron chi connectivity index (χ1n) is 7.24. The highest BCUT2D eigenvalue weighted by molar-refractivity contribution is 5.18. The molecule has 0 saturated heterocycles. The van der Waals surface area contributed by atoms with Gasteiger partial charge in [-0.25, -0.2) is 8.78 Å². The molecule has 0 amide bonds. The van der Waals surface area contributed by atoms with Crippen molar-refractivity contribution in [2.45, 2.75) is 19.5 Å². The summed E-state index contributed by atoms with van der Waals surface area (Å²) in [6.07, 6.45) is 2.58. The van der Waals surface area contributed by atoms with E-state index in [-0.39, 0.29) is 0 Å².